The van der Waals surface area contributed by atoms with Gasteiger partial charge in [0.25, 0.3) is 0 Å². The number of hydrogen-bond acceptors (Lipinski definition) is 4. The second-order valence-electron chi connectivity index (χ2n) is 3.39. The zero-order valence-corrected chi connectivity index (χ0v) is 9.58. The van der Waals surface area contributed by atoms with Crippen LogP contribution in [0.2, 0.25) is 0 Å². The predicted molar refractivity (Wildman–Crippen MR) is 57.1 cm³/mol. The van der Waals surface area contributed by atoms with Gasteiger partial charge in [0.1, 0.15) is 6.04 Å². The van der Waals surface area contributed by atoms with E-state index < -0.39 is 12.0 Å². The summed E-state index contributed by atoms with van der Waals surface area (Å²) in [6, 6.07) is -0.592. The molecule has 0 aliphatic rings. The van der Waals surface area contributed by atoms with Gasteiger partial charge < -0.3 is 15.8 Å². The van der Waals surface area contributed by atoms with E-state index in [4.69, 9.17) is 10.5 Å². The van der Waals surface area contributed by atoms with Crippen molar-refractivity contribution in [2.24, 2.45) is 11.7 Å². The molecule has 0 aromatic carbocycles. The predicted octanol–water partition coefficient (Wildman–Crippen LogP) is 0.0391. The Balaban J connectivity index is 4.43. The minimum absolute atomic E-state index is 0.0412. The van der Waals surface area contributed by atoms with Crippen LogP contribution in [-0.2, 0) is 14.3 Å². The van der Waals surface area contributed by atoms with E-state index in [0.29, 0.717) is 6.61 Å². The van der Waals surface area contributed by atoms with Gasteiger partial charge in [-0.05, 0) is 12.8 Å². The van der Waals surface area contributed by atoms with E-state index in [1.54, 1.807) is 6.92 Å². The molecule has 0 fully saturated rings. The minimum atomic E-state index is -0.592. The summed E-state index contributed by atoms with van der Waals surface area (Å²) in [5.74, 6) is -0.693. The molecule has 2 unspecified atom stereocenters. The van der Waals surface area contributed by atoms with E-state index in [9.17, 15) is 9.59 Å². The standard InChI is InChI=1S/C10H20N2O3/c1-4-7(3)9(10(14)15-5-2)12-8(13)6-11/h7,9H,4-6,11H2,1-3H3,(H,12,13). The van der Waals surface area contributed by atoms with Gasteiger partial charge in [0.2, 0.25) is 5.91 Å². The molecule has 2 atom stereocenters. The van der Waals surface area contributed by atoms with Crippen molar-refractivity contribution >= 4 is 11.9 Å². The minimum Gasteiger partial charge on any atom is -0.464 e. The Morgan fingerprint density at radius 3 is 2.40 bits per heavy atom. The molecular weight excluding hydrogens is 196 g/mol. The number of ether oxygens (including phenoxy) is 1. The van der Waals surface area contributed by atoms with Gasteiger partial charge in [0.15, 0.2) is 0 Å². The van der Waals surface area contributed by atoms with Crippen molar-refractivity contribution in [3.8, 4) is 0 Å². The van der Waals surface area contributed by atoms with Crippen molar-refractivity contribution < 1.29 is 14.3 Å². The Morgan fingerprint density at radius 2 is 2.00 bits per heavy atom. The molecule has 5 heteroatoms. The molecule has 0 aliphatic heterocycles. The summed E-state index contributed by atoms with van der Waals surface area (Å²) >= 11 is 0. The number of rotatable bonds is 6. The summed E-state index contributed by atoms with van der Waals surface area (Å²) in [6.07, 6.45) is 0.786. The molecule has 0 spiro atoms. The highest BCUT2D eigenvalue weighted by molar-refractivity contribution is 5.85. The number of carbonyl (C=O) groups is 2. The molecule has 0 aromatic rings. The third-order valence-corrected chi connectivity index (χ3v) is 2.26. The van der Waals surface area contributed by atoms with Crippen molar-refractivity contribution in [1.29, 1.82) is 0 Å². The van der Waals surface area contributed by atoms with Crippen LogP contribution in [0.4, 0.5) is 0 Å². The fourth-order valence-electron chi connectivity index (χ4n) is 1.13. The zero-order chi connectivity index (χ0) is 11.8. The maximum Gasteiger partial charge on any atom is 0.328 e. The molecule has 0 aliphatic carbocycles. The summed E-state index contributed by atoms with van der Waals surface area (Å²) in [4.78, 5) is 22.6. The highest BCUT2D eigenvalue weighted by Gasteiger charge is 2.26. The lowest BCUT2D eigenvalue weighted by Gasteiger charge is -2.22. The topological polar surface area (TPSA) is 81.4 Å². The molecule has 0 saturated carbocycles. The maximum atomic E-state index is 11.5. The summed E-state index contributed by atoms with van der Waals surface area (Å²) in [5, 5.41) is 2.56. The van der Waals surface area contributed by atoms with Gasteiger partial charge in [-0.3, -0.25) is 4.79 Å². The maximum absolute atomic E-state index is 11.5. The quantitative estimate of drug-likeness (QED) is 0.614. The first-order chi connectivity index (χ1) is 7.06. The van der Waals surface area contributed by atoms with E-state index in [1.807, 2.05) is 13.8 Å². The number of hydrogen-bond donors (Lipinski definition) is 2. The van der Waals surface area contributed by atoms with Gasteiger partial charge in [-0.25, -0.2) is 4.79 Å². The molecule has 88 valence electrons. The third kappa shape index (κ3) is 4.78. The zero-order valence-electron chi connectivity index (χ0n) is 9.58. The first-order valence-corrected chi connectivity index (χ1v) is 5.22. The lowest BCUT2D eigenvalue weighted by atomic mass is 9.99. The molecule has 0 radical (unpaired) electrons. The highest BCUT2D eigenvalue weighted by Crippen LogP contribution is 2.09. The summed E-state index contributed by atoms with van der Waals surface area (Å²) in [5.41, 5.74) is 5.17. The Kier molecular flexibility index (Phi) is 6.70. The number of esters is 1. The first kappa shape index (κ1) is 13.9. The van der Waals surface area contributed by atoms with Crippen LogP contribution in [0, 0.1) is 5.92 Å². The summed E-state index contributed by atoms with van der Waals surface area (Å²) < 4.78 is 4.88. The number of nitrogens with one attached hydrogen (secondary N) is 1. The first-order valence-electron chi connectivity index (χ1n) is 5.22. The van der Waals surface area contributed by atoms with Crippen LogP contribution in [0.5, 0.6) is 0 Å². The lowest BCUT2D eigenvalue weighted by molar-refractivity contribution is -0.148. The molecule has 0 bridgehead atoms. The lowest BCUT2D eigenvalue weighted by Crippen LogP contribution is -2.47. The highest BCUT2D eigenvalue weighted by atomic mass is 16.5. The largest absolute Gasteiger partial charge is 0.464 e. The van der Waals surface area contributed by atoms with Crippen molar-refractivity contribution in [2.75, 3.05) is 13.2 Å². The van der Waals surface area contributed by atoms with E-state index in [0.717, 1.165) is 6.42 Å². The normalized spacial score (nSPS) is 14.1. The molecule has 3 N–H and O–H groups in total. The van der Waals surface area contributed by atoms with Crippen LogP contribution in [0.15, 0.2) is 0 Å². The van der Waals surface area contributed by atoms with E-state index >= 15 is 0 Å². The van der Waals surface area contributed by atoms with Crippen molar-refractivity contribution in [3.63, 3.8) is 0 Å². The van der Waals surface area contributed by atoms with Gasteiger partial charge in [-0.2, -0.15) is 0 Å². The van der Waals surface area contributed by atoms with Gasteiger partial charge in [-0.15, -0.1) is 0 Å². The van der Waals surface area contributed by atoms with Crippen LogP contribution in [-0.4, -0.2) is 31.1 Å². The van der Waals surface area contributed by atoms with Crippen LogP contribution in [0.1, 0.15) is 27.2 Å². The van der Waals surface area contributed by atoms with Gasteiger partial charge in [0, 0.05) is 0 Å². The molecule has 0 rings (SSSR count). The van der Waals surface area contributed by atoms with Gasteiger partial charge >= 0.3 is 5.97 Å². The smallest absolute Gasteiger partial charge is 0.328 e. The van der Waals surface area contributed by atoms with E-state index in [1.165, 1.54) is 0 Å². The monoisotopic (exact) mass is 216 g/mol. The van der Waals surface area contributed by atoms with Gasteiger partial charge in [-0.1, -0.05) is 20.3 Å². The number of amides is 1. The molecule has 5 nitrogen and oxygen atoms in total. The van der Waals surface area contributed by atoms with E-state index in [-0.39, 0.29) is 18.4 Å². The average Bonchev–Trinajstić information content (AvgIpc) is 2.24. The van der Waals surface area contributed by atoms with Crippen LogP contribution in [0.25, 0.3) is 0 Å². The van der Waals surface area contributed by atoms with Crippen LogP contribution in [0.3, 0.4) is 0 Å². The SMILES string of the molecule is CCOC(=O)C(NC(=O)CN)C(C)CC. The van der Waals surface area contributed by atoms with Crippen LogP contribution < -0.4 is 11.1 Å². The van der Waals surface area contributed by atoms with Crippen LogP contribution >= 0.6 is 0 Å². The van der Waals surface area contributed by atoms with E-state index in [2.05, 4.69) is 5.32 Å². The molecular formula is C10H20N2O3. The Bertz CT molecular complexity index is 219. The second-order valence-corrected chi connectivity index (χ2v) is 3.39. The summed E-state index contributed by atoms with van der Waals surface area (Å²) in [7, 11) is 0. The van der Waals surface area contributed by atoms with Crippen molar-refractivity contribution in [2.45, 2.75) is 33.2 Å². The number of nitrogens with two attached hydrogens (primary N) is 1. The summed E-state index contributed by atoms with van der Waals surface area (Å²) in [6.45, 7) is 5.76. The van der Waals surface area contributed by atoms with Crippen molar-refractivity contribution in [3.05, 3.63) is 0 Å². The molecule has 0 aromatic heterocycles. The second kappa shape index (κ2) is 7.23. The number of carbonyl (C=O) groups excluding carboxylic acids is 2. The van der Waals surface area contributed by atoms with Crippen molar-refractivity contribution in [1.82, 2.24) is 5.32 Å². The Labute approximate surface area is 90.4 Å². The average molecular weight is 216 g/mol. The fraction of sp³-hybridized carbons (Fsp3) is 0.800. The third-order valence-electron chi connectivity index (χ3n) is 2.26. The molecule has 0 saturated heterocycles. The molecule has 15 heavy (non-hydrogen) atoms. The van der Waals surface area contributed by atoms with Gasteiger partial charge in [0.05, 0.1) is 13.2 Å². The Hall–Kier alpha value is -1.10. The molecule has 1 amide bonds. The molecule has 0 heterocycles. The fourth-order valence-corrected chi connectivity index (χ4v) is 1.13. The Morgan fingerprint density at radius 1 is 1.40 bits per heavy atom.